The molecule has 0 aliphatic carbocycles. The number of benzene rings is 1. The van der Waals surface area contributed by atoms with E-state index in [0.717, 1.165) is 25.3 Å². The summed E-state index contributed by atoms with van der Waals surface area (Å²) < 4.78 is 5.28. The van der Waals surface area contributed by atoms with E-state index in [1.165, 1.54) is 11.1 Å². The molecule has 0 aromatic heterocycles. The maximum atomic E-state index is 5.28. The van der Waals surface area contributed by atoms with E-state index in [-0.39, 0.29) is 0 Å². The van der Waals surface area contributed by atoms with Crippen LogP contribution in [-0.4, -0.2) is 18.6 Å². The summed E-state index contributed by atoms with van der Waals surface area (Å²) >= 11 is 2.15. The second-order valence-corrected chi connectivity index (χ2v) is 3.02. The molecule has 0 saturated heterocycles. The molecule has 1 heterocycles. The van der Waals surface area contributed by atoms with Crippen LogP contribution in [0.15, 0.2) is 18.2 Å². The van der Waals surface area contributed by atoms with Crippen LogP contribution in [-0.2, 0) is 13.0 Å². The van der Waals surface area contributed by atoms with Gasteiger partial charge in [-0.15, -0.1) is 0 Å². The molecule has 2 nitrogen and oxygen atoms in total. The van der Waals surface area contributed by atoms with Crippen LogP contribution in [0.1, 0.15) is 11.1 Å². The molecule has 0 bridgehead atoms. The Kier molecular flexibility index (Phi) is 5.25. The lowest BCUT2D eigenvalue weighted by Gasteiger charge is -2.19. The van der Waals surface area contributed by atoms with E-state index < -0.39 is 0 Å². The van der Waals surface area contributed by atoms with Crippen LogP contribution in [0, 0.1) is 0 Å². The van der Waals surface area contributed by atoms with Crippen LogP contribution < -0.4 is 10.1 Å². The Bertz CT molecular complexity index is 274. The minimum absolute atomic E-state index is 0.979. The summed E-state index contributed by atoms with van der Waals surface area (Å²) in [6.45, 7) is 2.04. The maximum absolute atomic E-state index is 5.28. The molecule has 1 aromatic rings. The van der Waals surface area contributed by atoms with E-state index in [4.69, 9.17) is 4.74 Å². The van der Waals surface area contributed by atoms with E-state index in [1.807, 2.05) is 17.1 Å². The fraction of sp³-hybridized carbons (Fsp3) is 0.455. The van der Waals surface area contributed by atoms with Gasteiger partial charge in [0.15, 0.2) is 0 Å². The van der Waals surface area contributed by atoms with E-state index in [2.05, 4.69) is 34.0 Å². The van der Waals surface area contributed by atoms with Crippen LogP contribution in [0.3, 0.4) is 0 Å². The normalized spacial score (nSPS) is 13.6. The van der Waals surface area contributed by atoms with Gasteiger partial charge in [-0.2, -0.15) is 0 Å². The van der Waals surface area contributed by atoms with Crippen molar-refractivity contribution in [2.45, 2.75) is 13.0 Å². The molecule has 1 N–H and O–H groups in total. The van der Waals surface area contributed by atoms with Gasteiger partial charge in [-0.1, -0.05) is 34.7 Å². The number of alkyl halides is 1. The monoisotopic (exact) mass is 305 g/mol. The van der Waals surface area contributed by atoms with Gasteiger partial charge in [-0.05, 0) is 35.1 Å². The second kappa shape index (κ2) is 6.24. The van der Waals surface area contributed by atoms with Gasteiger partial charge in [-0.25, -0.2) is 0 Å². The fourth-order valence-electron chi connectivity index (χ4n) is 1.69. The van der Waals surface area contributed by atoms with Gasteiger partial charge in [-0.3, -0.25) is 0 Å². The molecule has 1 aliphatic rings. The van der Waals surface area contributed by atoms with E-state index in [0.29, 0.717) is 0 Å². The first kappa shape index (κ1) is 11.8. The Morgan fingerprint density at radius 2 is 2.14 bits per heavy atom. The van der Waals surface area contributed by atoms with Gasteiger partial charge in [0.25, 0.3) is 0 Å². The molecule has 0 saturated carbocycles. The first-order valence-electron chi connectivity index (χ1n) is 4.65. The third-order valence-electron chi connectivity index (χ3n) is 2.32. The van der Waals surface area contributed by atoms with Crippen molar-refractivity contribution in [2.75, 3.05) is 18.6 Å². The number of methoxy groups -OCH3 is 1. The van der Waals surface area contributed by atoms with Crippen molar-refractivity contribution >= 4 is 22.6 Å². The molecule has 14 heavy (non-hydrogen) atoms. The second-order valence-electron chi connectivity index (χ2n) is 3.02. The van der Waals surface area contributed by atoms with Crippen LogP contribution in [0.4, 0.5) is 0 Å². The molecule has 2 rings (SSSR count). The van der Waals surface area contributed by atoms with Gasteiger partial charge in [0, 0.05) is 6.54 Å². The summed E-state index contributed by atoms with van der Waals surface area (Å²) in [6, 6.07) is 6.23. The minimum atomic E-state index is 0.979. The van der Waals surface area contributed by atoms with Gasteiger partial charge in [0.2, 0.25) is 0 Å². The Morgan fingerprint density at radius 1 is 1.36 bits per heavy atom. The molecule has 0 fully saturated rings. The van der Waals surface area contributed by atoms with E-state index >= 15 is 0 Å². The highest BCUT2D eigenvalue weighted by atomic mass is 127. The Hall–Kier alpha value is -0.290. The summed E-state index contributed by atoms with van der Waals surface area (Å²) in [5, 5.41) is 3.34. The van der Waals surface area contributed by atoms with E-state index in [9.17, 15) is 0 Å². The SMILES string of the molecule is CI.COc1cccc2c1CCNC2. The average molecular weight is 305 g/mol. The molecular formula is C11H16INO. The third kappa shape index (κ3) is 2.60. The van der Waals surface area contributed by atoms with Gasteiger partial charge < -0.3 is 10.1 Å². The standard InChI is InChI=1S/C10H13NO.CH3I/c1-12-10-4-2-3-8-7-11-6-5-9(8)10;1-2/h2-4,11H,5-7H2,1H3;1H3. The Morgan fingerprint density at radius 3 is 2.86 bits per heavy atom. The number of nitrogens with one attached hydrogen (secondary N) is 1. The highest BCUT2D eigenvalue weighted by Crippen LogP contribution is 2.24. The molecular weight excluding hydrogens is 289 g/mol. The largest absolute Gasteiger partial charge is 0.496 e. The topological polar surface area (TPSA) is 21.3 Å². The summed E-state index contributed by atoms with van der Waals surface area (Å²) in [5.74, 6) is 1.04. The van der Waals surface area contributed by atoms with Crippen LogP contribution >= 0.6 is 22.6 Å². The molecule has 0 radical (unpaired) electrons. The minimum Gasteiger partial charge on any atom is -0.496 e. The van der Waals surface area contributed by atoms with Crippen LogP contribution in [0.5, 0.6) is 5.75 Å². The lowest BCUT2D eigenvalue weighted by Crippen LogP contribution is -2.23. The van der Waals surface area contributed by atoms with Gasteiger partial charge in [0.1, 0.15) is 5.75 Å². The maximum Gasteiger partial charge on any atom is 0.122 e. The highest BCUT2D eigenvalue weighted by molar-refractivity contribution is 14.1. The van der Waals surface area contributed by atoms with Crippen LogP contribution in [0.25, 0.3) is 0 Å². The molecule has 1 aromatic carbocycles. The number of rotatable bonds is 1. The molecule has 78 valence electrons. The smallest absolute Gasteiger partial charge is 0.122 e. The molecule has 0 amide bonds. The third-order valence-corrected chi connectivity index (χ3v) is 2.32. The summed E-state index contributed by atoms with van der Waals surface area (Å²) in [4.78, 5) is 1.97. The lowest BCUT2D eigenvalue weighted by atomic mass is 10.0. The molecule has 0 spiro atoms. The number of halogens is 1. The molecule has 0 atom stereocenters. The van der Waals surface area contributed by atoms with Gasteiger partial charge in [0.05, 0.1) is 7.11 Å². The first-order chi connectivity index (χ1) is 6.92. The predicted molar refractivity (Wildman–Crippen MR) is 68.3 cm³/mol. The zero-order valence-corrected chi connectivity index (χ0v) is 10.8. The average Bonchev–Trinajstić information content (AvgIpc) is 2.31. The quantitative estimate of drug-likeness (QED) is 0.635. The number of hydrogen-bond donors (Lipinski definition) is 1. The summed E-state index contributed by atoms with van der Waals surface area (Å²) in [5.41, 5.74) is 2.75. The van der Waals surface area contributed by atoms with Crippen molar-refractivity contribution in [3.05, 3.63) is 29.3 Å². The van der Waals surface area contributed by atoms with Crippen molar-refractivity contribution in [1.29, 1.82) is 0 Å². The van der Waals surface area contributed by atoms with Crippen molar-refractivity contribution in [3.63, 3.8) is 0 Å². The molecule has 0 unspecified atom stereocenters. The molecule has 3 heteroatoms. The Labute approximate surface area is 99.2 Å². The zero-order chi connectivity index (χ0) is 10.4. The van der Waals surface area contributed by atoms with Crippen molar-refractivity contribution in [3.8, 4) is 5.75 Å². The highest BCUT2D eigenvalue weighted by Gasteiger charge is 2.11. The van der Waals surface area contributed by atoms with Crippen molar-refractivity contribution < 1.29 is 4.74 Å². The van der Waals surface area contributed by atoms with E-state index in [1.54, 1.807) is 7.11 Å². The molecule has 1 aliphatic heterocycles. The van der Waals surface area contributed by atoms with Crippen molar-refractivity contribution in [2.24, 2.45) is 0 Å². The summed E-state index contributed by atoms with van der Waals surface area (Å²) in [6.07, 6.45) is 1.08. The lowest BCUT2D eigenvalue weighted by molar-refractivity contribution is 0.406. The first-order valence-corrected chi connectivity index (χ1v) is 6.81. The fourth-order valence-corrected chi connectivity index (χ4v) is 1.69. The summed E-state index contributed by atoms with van der Waals surface area (Å²) in [7, 11) is 1.73. The predicted octanol–water partition coefficient (Wildman–Crippen LogP) is 2.39. The van der Waals surface area contributed by atoms with Gasteiger partial charge >= 0.3 is 0 Å². The van der Waals surface area contributed by atoms with Crippen LogP contribution in [0.2, 0.25) is 0 Å². The zero-order valence-electron chi connectivity index (χ0n) is 8.64. The number of fused-ring (bicyclic) bond motifs is 1. The number of ether oxygens (including phenoxy) is 1. The Balaban J connectivity index is 0.000000461. The number of hydrogen-bond acceptors (Lipinski definition) is 2. The van der Waals surface area contributed by atoms with Crippen molar-refractivity contribution in [1.82, 2.24) is 5.32 Å².